The van der Waals surface area contributed by atoms with Crippen LogP contribution >= 0.6 is 11.6 Å². The molecule has 0 radical (unpaired) electrons. The average Bonchev–Trinajstić information content (AvgIpc) is 3.27. The number of rotatable bonds is 4. The number of halogens is 5. The zero-order chi connectivity index (χ0) is 24.3. The van der Waals surface area contributed by atoms with Gasteiger partial charge in [-0.2, -0.15) is 13.2 Å². The topological polar surface area (TPSA) is 85.6 Å². The minimum absolute atomic E-state index is 0.00203. The monoisotopic (exact) mass is 503 g/mol. The molecule has 0 amide bonds. The van der Waals surface area contributed by atoms with Crippen LogP contribution in [0.25, 0.3) is 10.9 Å². The van der Waals surface area contributed by atoms with E-state index in [9.17, 15) is 35.9 Å². The second-order valence-corrected chi connectivity index (χ2v) is 9.61. The number of esters is 1. The maximum absolute atomic E-state index is 13.7. The molecule has 0 aliphatic carbocycles. The van der Waals surface area contributed by atoms with Crippen molar-refractivity contribution in [2.75, 3.05) is 6.61 Å². The number of benzene rings is 2. The van der Waals surface area contributed by atoms with Crippen LogP contribution in [-0.2, 0) is 25.7 Å². The minimum Gasteiger partial charge on any atom is -0.462 e. The van der Waals surface area contributed by atoms with Gasteiger partial charge in [-0.25, -0.2) is 21.6 Å². The van der Waals surface area contributed by atoms with Gasteiger partial charge in [0.25, 0.3) is 10.0 Å². The Morgan fingerprint density at radius 2 is 1.91 bits per heavy atom. The first-order valence-corrected chi connectivity index (χ1v) is 11.1. The molecule has 2 unspecified atom stereocenters. The molecule has 1 N–H and O–H groups in total. The van der Waals surface area contributed by atoms with Crippen LogP contribution in [0.15, 0.2) is 59.6 Å². The molecule has 0 saturated carbocycles. The van der Waals surface area contributed by atoms with E-state index in [0.717, 1.165) is 6.20 Å². The molecular weight excluding hydrogens is 490 g/mol. The molecular formula is C21H14ClF4NO5S. The molecule has 0 spiro atoms. The van der Waals surface area contributed by atoms with Gasteiger partial charge in [0.1, 0.15) is 12.4 Å². The maximum Gasteiger partial charge on any atom is 0.419 e. The largest absolute Gasteiger partial charge is 0.462 e. The van der Waals surface area contributed by atoms with Gasteiger partial charge in [0.2, 0.25) is 0 Å². The van der Waals surface area contributed by atoms with Crippen molar-refractivity contribution in [2.24, 2.45) is 5.92 Å². The number of alkyl halides is 3. The van der Waals surface area contributed by atoms with E-state index in [1.807, 2.05) is 0 Å². The van der Waals surface area contributed by atoms with Crippen molar-refractivity contribution in [3.63, 3.8) is 0 Å². The summed E-state index contributed by atoms with van der Waals surface area (Å²) in [7, 11) is -4.66. The molecule has 2 heterocycles. The molecule has 2 aromatic carbocycles. The molecule has 33 heavy (non-hydrogen) atoms. The molecule has 6 nitrogen and oxygen atoms in total. The zero-order valence-corrected chi connectivity index (χ0v) is 18.0. The molecule has 1 aliphatic heterocycles. The molecule has 1 fully saturated rings. The molecule has 0 bridgehead atoms. The molecule has 4 rings (SSSR count). The molecule has 1 aromatic heterocycles. The molecule has 12 heteroatoms. The zero-order valence-electron chi connectivity index (χ0n) is 16.4. The number of fused-ring (bicyclic) bond motifs is 1. The fourth-order valence-electron chi connectivity index (χ4n) is 3.64. The number of aliphatic hydroxyl groups excluding tert-OH is 1. The van der Waals surface area contributed by atoms with Gasteiger partial charge in [-0.3, -0.25) is 0 Å². The number of cyclic esters (lactones) is 1. The third-order valence-electron chi connectivity index (χ3n) is 5.37. The minimum atomic E-state index is -5.11. The Kier molecular flexibility index (Phi) is 5.54. The summed E-state index contributed by atoms with van der Waals surface area (Å²) in [4.78, 5) is 10.8. The first kappa shape index (κ1) is 23.3. The molecule has 1 saturated heterocycles. The van der Waals surface area contributed by atoms with Crippen molar-refractivity contribution in [2.45, 2.75) is 17.2 Å². The summed E-state index contributed by atoms with van der Waals surface area (Å²) in [6.45, 7) is 3.39. The number of carbonyl (C=O) groups is 1. The summed E-state index contributed by atoms with van der Waals surface area (Å²) in [5, 5.41) is 11.3. The molecule has 1 aliphatic rings. The second kappa shape index (κ2) is 7.86. The predicted octanol–water partition coefficient (Wildman–Crippen LogP) is 4.45. The predicted molar refractivity (Wildman–Crippen MR) is 109 cm³/mol. The van der Waals surface area contributed by atoms with E-state index in [2.05, 4.69) is 6.58 Å². The number of hydrogen-bond acceptors (Lipinski definition) is 5. The van der Waals surface area contributed by atoms with Gasteiger partial charge in [0, 0.05) is 27.7 Å². The quantitative estimate of drug-likeness (QED) is 0.323. The lowest BCUT2D eigenvalue weighted by Crippen LogP contribution is -2.16. The van der Waals surface area contributed by atoms with Gasteiger partial charge >= 0.3 is 12.1 Å². The van der Waals surface area contributed by atoms with Crippen molar-refractivity contribution in [3.05, 3.63) is 76.7 Å². The Morgan fingerprint density at radius 1 is 1.21 bits per heavy atom. The van der Waals surface area contributed by atoms with Crippen LogP contribution in [0.3, 0.4) is 0 Å². The van der Waals surface area contributed by atoms with Gasteiger partial charge in [-0.15, -0.1) is 0 Å². The third kappa shape index (κ3) is 3.90. The summed E-state index contributed by atoms with van der Waals surface area (Å²) in [5.74, 6) is -3.20. The first-order chi connectivity index (χ1) is 15.3. The number of ether oxygens (including phenoxy) is 1. The van der Waals surface area contributed by atoms with Crippen LogP contribution in [0, 0.1) is 11.7 Å². The average molecular weight is 504 g/mol. The van der Waals surface area contributed by atoms with Crippen LogP contribution in [0.5, 0.6) is 0 Å². The van der Waals surface area contributed by atoms with Crippen molar-refractivity contribution >= 4 is 38.5 Å². The van der Waals surface area contributed by atoms with E-state index in [1.54, 1.807) is 0 Å². The number of aromatic nitrogens is 1. The SMILES string of the molecule is C=C1C(=O)OCC1C(O)c1cn(S(=O)(=O)c2ccc(F)c(C(F)(F)F)c2)c2ccc(Cl)cc12. The lowest BCUT2D eigenvalue weighted by atomic mass is 9.92. The fourth-order valence-corrected chi connectivity index (χ4v) is 5.21. The van der Waals surface area contributed by atoms with E-state index < -0.39 is 50.5 Å². The van der Waals surface area contributed by atoms with Gasteiger partial charge in [0.05, 0.1) is 28.0 Å². The lowest BCUT2D eigenvalue weighted by Gasteiger charge is -2.15. The molecule has 3 aromatic rings. The van der Waals surface area contributed by atoms with Gasteiger partial charge in [0.15, 0.2) is 0 Å². The van der Waals surface area contributed by atoms with E-state index in [4.69, 9.17) is 16.3 Å². The smallest absolute Gasteiger partial charge is 0.419 e. The Hall–Kier alpha value is -2.89. The van der Waals surface area contributed by atoms with Gasteiger partial charge in [-0.1, -0.05) is 18.2 Å². The summed E-state index contributed by atoms with van der Waals surface area (Å²) in [5.41, 5.74) is -1.70. The van der Waals surface area contributed by atoms with Crippen LogP contribution in [0.1, 0.15) is 17.2 Å². The van der Waals surface area contributed by atoms with Crippen molar-refractivity contribution < 1.29 is 40.6 Å². The van der Waals surface area contributed by atoms with Crippen LogP contribution in [0.4, 0.5) is 17.6 Å². The highest BCUT2D eigenvalue weighted by Gasteiger charge is 2.38. The van der Waals surface area contributed by atoms with Gasteiger partial charge in [-0.05, 0) is 36.4 Å². The Labute approximate surface area is 189 Å². The van der Waals surface area contributed by atoms with Crippen LogP contribution in [-0.4, -0.2) is 30.1 Å². The standard InChI is InChI=1S/C21H14ClF4NO5S/c1-10-15(9-32-20(10)29)19(28)14-8-27(18-5-2-11(22)6-13(14)18)33(30,31)12-3-4-17(23)16(7-12)21(24,25)26/h2-8,15,19,28H,1,9H2. The lowest BCUT2D eigenvalue weighted by molar-refractivity contribution is -0.140. The highest BCUT2D eigenvalue weighted by atomic mass is 35.5. The van der Waals surface area contributed by atoms with E-state index in [1.165, 1.54) is 18.2 Å². The maximum atomic E-state index is 13.7. The second-order valence-electron chi connectivity index (χ2n) is 7.36. The highest BCUT2D eigenvalue weighted by Crippen LogP contribution is 2.39. The van der Waals surface area contributed by atoms with Gasteiger partial charge < -0.3 is 9.84 Å². The van der Waals surface area contributed by atoms with E-state index in [0.29, 0.717) is 16.1 Å². The molecule has 2 atom stereocenters. The summed E-state index contributed by atoms with van der Waals surface area (Å²) < 4.78 is 85.1. The number of hydrogen-bond donors (Lipinski definition) is 1. The fraction of sp³-hybridized carbons (Fsp3) is 0.190. The number of nitrogens with zero attached hydrogens (tertiary/aromatic N) is 1. The van der Waals surface area contributed by atoms with Crippen molar-refractivity contribution in [1.29, 1.82) is 0 Å². The number of aliphatic hydroxyl groups is 1. The summed E-state index contributed by atoms with van der Waals surface area (Å²) in [6.07, 6.45) is -5.52. The number of carbonyl (C=O) groups excluding carboxylic acids is 1. The molecule has 174 valence electrons. The van der Waals surface area contributed by atoms with Crippen molar-refractivity contribution in [1.82, 2.24) is 3.97 Å². The summed E-state index contributed by atoms with van der Waals surface area (Å²) >= 11 is 6.03. The normalized spacial score (nSPS) is 18.1. The Balaban J connectivity index is 1.90. The Morgan fingerprint density at radius 3 is 2.52 bits per heavy atom. The Bertz CT molecular complexity index is 1410. The third-order valence-corrected chi connectivity index (χ3v) is 7.27. The first-order valence-electron chi connectivity index (χ1n) is 9.29. The summed E-state index contributed by atoms with van der Waals surface area (Å²) in [6, 6.07) is 5.37. The van der Waals surface area contributed by atoms with E-state index in [-0.39, 0.29) is 39.7 Å². The van der Waals surface area contributed by atoms with Crippen LogP contribution < -0.4 is 0 Å². The van der Waals surface area contributed by atoms with Crippen molar-refractivity contribution in [3.8, 4) is 0 Å². The van der Waals surface area contributed by atoms with E-state index >= 15 is 0 Å². The highest BCUT2D eigenvalue weighted by molar-refractivity contribution is 7.90. The van der Waals surface area contributed by atoms with Crippen LogP contribution in [0.2, 0.25) is 5.02 Å².